The van der Waals surface area contributed by atoms with E-state index < -0.39 is 5.54 Å². The summed E-state index contributed by atoms with van der Waals surface area (Å²) in [4.78, 5) is 28.1. The molecule has 0 aliphatic rings. The van der Waals surface area contributed by atoms with E-state index in [4.69, 9.17) is 14.6 Å². The number of aromatic nitrogens is 5. The van der Waals surface area contributed by atoms with E-state index in [0.717, 1.165) is 16.8 Å². The molecule has 0 spiro atoms. The Hall–Kier alpha value is -4.70. The van der Waals surface area contributed by atoms with Crippen molar-refractivity contribution in [3.8, 4) is 23.2 Å². The highest BCUT2D eigenvalue weighted by Gasteiger charge is 2.29. The summed E-state index contributed by atoms with van der Waals surface area (Å²) in [6.07, 6.45) is 5.21. The molecule has 4 aromatic heterocycles. The van der Waals surface area contributed by atoms with Crippen molar-refractivity contribution in [2.75, 3.05) is 7.05 Å². The van der Waals surface area contributed by atoms with Crippen LogP contribution < -0.4 is 5.73 Å². The number of carbonyl (C=O) groups is 1. The first kappa shape index (κ1) is 25.0. The number of pyridine rings is 2. The van der Waals surface area contributed by atoms with E-state index in [1.54, 1.807) is 30.3 Å². The minimum Gasteiger partial charge on any atom is -0.443 e. The number of amides is 1. The second kappa shape index (κ2) is 10.3. The van der Waals surface area contributed by atoms with Crippen LogP contribution in [0.15, 0.2) is 82.1 Å². The molecule has 5 rings (SSSR count). The first-order chi connectivity index (χ1) is 18.3. The van der Waals surface area contributed by atoms with Crippen LogP contribution in [0.4, 0.5) is 0 Å². The Balaban J connectivity index is 1.46. The molecule has 2 N–H and O–H groups in total. The number of hydrogen-bond donors (Lipinski definition) is 1. The summed E-state index contributed by atoms with van der Waals surface area (Å²) in [5.74, 6) is 0.433. The number of oxazole rings is 1. The van der Waals surface area contributed by atoms with Gasteiger partial charge in [0.1, 0.15) is 17.7 Å². The molecule has 0 saturated heterocycles. The fourth-order valence-corrected chi connectivity index (χ4v) is 4.03. The molecule has 0 saturated carbocycles. The summed E-state index contributed by atoms with van der Waals surface area (Å²) in [5, 5.41) is 8.40. The predicted octanol–water partition coefficient (Wildman–Crippen LogP) is 4.18. The van der Waals surface area contributed by atoms with E-state index in [2.05, 4.69) is 25.1 Å². The average molecular weight is 510 g/mol. The van der Waals surface area contributed by atoms with Gasteiger partial charge in [0.15, 0.2) is 0 Å². The fourth-order valence-electron chi connectivity index (χ4n) is 4.03. The molecule has 10 heteroatoms. The number of nitrogens with two attached hydrogens (primary N) is 1. The van der Waals surface area contributed by atoms with Gasteiger partial charge in [-0.1, -0.05) is 36.4 Å². The molecule has 0 aliphatic carbocycles. The van der Waals surface area contributed by atoms with Gasteiger partial charge >= 0.3 is 0 Å². The van der Waals surface area contributed by atoms with Crippen molar-refractivity contribution in [2.24, 2.45) is 5.73 Å². The third kappa shape index (κ3) is 5.50. The van der Waals surface area contributed by atoms with Crippen LogP contribution in [0, 0.1) is 6.92 Å². The van der Waals surface area contributed by atoms with Crippen LogP contribution in [0.2, 0.25) is 0 Å². The number of nitrogens with zero attached hydrogens (tertiary/aromatic N) is 6. The number of rotatable bonds is 8. The summed E-state index contributed by atoms with van der Waals surface area (Å²) in [6, 6.07) is 16.9. The van der Waals surface area contributed by atoms with Gasteiger partial charge in [0.25, 0.3) is 11.8 Å². The van der Waals surface area contributed by atoms with Gasteiger partial charge in [0, 0.05) is 31.0 Å². The smallest absolute Gasteiger partial charge is 0.266 e. The molecule has 5 aromatic rings. The minimum atomic E-state index is -0.909. The molecule has 0 fully saturated rings. The van der Waals surface area contributed by atoms with Crippen molar-refractivity contribution in [3.05, 3.63) is 102 Å². The Kier molecular flexibility index (Phi) is 6.80. The van der Waals surface area contributed by atoms with E-state index in [9.17, 15) is 4.79 Å². The molecule has 1 unspecified atom stereocenters. The topological polar surface area (TPSA) is 137 Å². The Bertz CT molecular complexity index is 1530. The third-order valence-electron chi connectivity index (χ3n) is 6.01. The molecular formula is C28H27N7O3. The summed E-state index contributed by atoms with van der Waals surface area (Å²) < 4.78 is 11.4. The monoisotopic (exact) mass is 509 g/mol. The van der Waals surface area contributed by atoms with Crippen molar-refractivity contribution in [1.29, 1.82) is 0 Å². The van der Waals surface area contributed by atoms with Crippen molar-refractivity contribution in [3.63, 3.8) is 0 Å². The number of carbonyl (C=O) groups excluding carboxylic acids is 1. The lowest BCUT2D eigenvalue weighted by atomic mass is 9.94. The van der Waals surface area contributed by atoms with Gasteiger partial charge < -0.3 is 19.5 Å². The second-order valence-corrected chi connectivity index (χ2v) is 9.42. The molecule has 38 heavy (non-hydrogen) atoms. The molecule has 0 bridgehead atoms. The molecular weight excluding hydrogens is 482 g/mol. The van der Waals surface area contributed by atoms with Gasteiger partial charge in [-0.05, 0) is 49.6 Å². The molecule has 1 aromatic carbocycles. The highest BCUT2D eigenvalue weighted by Crippen LogP contribution is 2.28. The zero-order chi connectivity index (χ0) is 26.7. The zero-order valence-corrected chi connectivity index (χ0v) is 21.3. The Morgan fingerprint density at radius 3 is 2.45 bits per heavy atom. The van der Waals surface area contributed by atoms with Crippen molar-refractivity contribution in [1.82, 2.24) is 30.0 Å². The first-order valence-corrected chi connectivity index (χ1v) is 12.0. The van der Waals surface area contributed by atoms with Crippen LogP contribution >= 0.6 is 0 Å². The lowest BCUT2D eigenvalue weighted by Gasteiger charge is -2.20. The predicted molar refractivity (Wildman–Crippen MR) is 139 cm³/mol. The van der Waals surface area contributed by atoms with Crippen LogP contribution in [-0.2, 0) is 18.5 Å². The van der Waals surface area contributed by atoms with E-state index >= 15 is 0 Å². The molecule has 4 heterocycles. The largest absolute Gasteiger partial charge is 0.443 e. The van der Waals surface area contributed by atoms with E-state index in [1.165, 1.54) is 12.5 Å². The van der Waals surface area contributed by atoms with E-state index in [0.29, 0.717) is 29.9 Å². The molecule has 0 aliphatic heterocycles. The van der Waals surface area contributed by atoms with Crippen LogP contribution in [0.5, 0.6) is 0 Å². The van der Waals surface area contributed by atoms with Gasteiger partial charge in [0.05, 0.1) is 11.7 Å². The van der Waals surface area contributed by atoms with Crippen LogP contribution in [-0.4, -0.2) is 43.0 Å². The fraction of sp³-hybridized carbons (Fsp3) is 0.214. The van der Waals surface area contributed by atoms with Gasteiger partial charge in [-0.25, -0.2) is 9.97 Å². The number of hydrogen-bond acceptors (Lipinski definition) is 9. The Morgan fingerprint density at radius 1 is 1.00 bits per heavy atom. The summed E-state index contributed by atoms with van der Waals surface area (Å²) in [7, 11) is 1.72. The molecule has 1 amide bonds. The second-order valence-electron chi connectivity index (χ2n) is 9.42. The number of benzene rings is 1. The summed E-state index contributed by atoms with van der Waals surface area (Å²) >= 11 is 0. The highest BCUT2D eigenvalue weighted by molar-refractivity contribution is 5.95. The maximum atomic E-state index is 13.4. The third-order valence-corrected chi connectivity index (χ3v) is 6.01. The molecule has 0 radical (unpaired) electrons. The summed E-state index contributed by atoms with van der Waals surface area (Å²) in [5.41, 5.74) is 9.56. The van der Waals surface area contributed by atoms with Gasteiger partial charge in [-0.3, -0.25) is 9.78 Å². The Morgan fingerprint density at radius 2 is 1.76 bits per heavy atom. The quantitative estimate of drug-likeness (QED) is 0.326. The molecule has 10 nitrogen and oxygen atoms in total. The van der Waals surface area contributed by atoms with Crippen LogP contribution in [0.1, 0.15) is 40.0 Å². The van der Waals surface area contributed by atoms with Crippen LogP contribution in [0.3, 0.4) is 0 Å². The lowest BCUT2D eigenvalue weighted by molar-refractivity contribution is 0.0785. The van der Waals surface area contributed by atoms with E-state index in [-0.39, 0.29) is 23.6 Å². The highest BCUT2D eigenvalue weighted by atomic mass is 16.4. The molecule has 1 atom stereocenters. The van der Waals surface area contributed by atoms with Crippen molar-refractivity contribution < 1.29 is 13.6 Å². The maximum Gasteiger partial charge on any atom is 0.266 e. The average Bonchev–Trinajstić information content (AvgIpc) is 3.63. The van der Waals surface area contributed by atoms with Gasteiger partial charge in [0.2, 0.25) is 11.8 Å². The van der Waals surface area contributed by atoms with E-state index in [1.807, 2.05) is 56.3 Å². The maximum absolute atomic E-state index is 13.4. The minimum absolute atomic E-state index is 0.137. The number of aryl methyl sites for hydroxylation is 1. The summed E-state index contributed by atoms with van der Waals surface area (Å²) in [6.45, 7) is 4.13. The zero-order valence-electron chi connectivity index (χ0n) is 21.3. The molecule has 192 valence electrons. The van der Waals surface area contributed by atoms with Crippen molar-refractivity contribution >= 4 is 5.91 Å². The first-order valence-electron chi connectivity index (χ1n) is 12.0. The lowest BCUT2D eigenvalue weighted by Crippen LogP contribution is -2.35. The van der Waals surface area contributed by atoms with Crippen molar-refractivity contribution in [2.45, 2.75) is 32.4 Å². The standard InChI is InChI=1S/C28H27N7O3/c1-18-9-10-20(16-31-18)17-35(3)26(36)21-13-22(24-30-11-12-37-24)32-23(14-21)25-33-34-27(38-25)28(2,29)15-19-7-5-4-6-8-19/h4-14,16H,15,17,29H2,1-3H3. The van der Waals surface area contributed by atoms with Crippen LogP contribution in [0.25, 0.3) is 23.2 Å². The van der Waals surface area contributed by atoms with Gasteiger partial charge in [-0.2, -0.15) is 0 Å². The Labute approximate surface area is 219 Å². The van der Waals surface area contributed by atoms with Gasteiger partial charge in [-0.15, -0.1) is 10.2 Å². The normalized spacial score (nSPS) is 12.7. The SMILES string of the molecule is Cc1ccc(CN(C)C(=O)c2cc(-c3ncco3)nc(-c3nnc(C(C)(N)Cc4ccccc4)o3)c2)cn1.